The minimum absolute atomic E-state index is 0.0923. The molecule has 0 saturated heterocycles. The molecule has 0 bridgehead atoms. The lowest BCUT2D eigenvalue weighted by Gasteiger charge is -2.32. The van der Waals surface area contributed by atoms with Gasteiger partial charge in [-0.1, -0.05) is 80.4 Å². The molecule has 2 rings (SSSR count). The number of nitrogens with one attached hydrogen (secondary N) is 1. The molecule has 0 radical (unpaired) electrons. The van der Waals surface area contributed by atoms with E-state index in [1.807, 2.05) is 24.3 Å². The highest BCUT2D eigenvalue weighted by Crippen LogP contribution is 2.34. The third kappa shape index (κ3) is 4.23. The van der Waals surface area contributed by atoms with Crippen LogP contribution in [0.2, 0.25) is 10.0 Å². The van der Waals surface area contributed by atoms with Gasteiger partial charge in [-0.05, 0) is 23.1 Å². The maximum Gasteiger partial charge on any atom is 0.0465 e. The average Bonchev–Trinajstić information content (AvgIpc) is 2.42. The lowest BCUT2D eigenvalue weighted by molar-refractivity contribution is 0.271. The molecule has 0 spiro atoms. The van der Waals surface area contributed by atoms with Crippen molar-refractivity contribution in [1.82, 2.24) is 5.32 Å². The summed E-state index contributed by atoms with van der Waals surface area (Å²) < 4.78 is 0. The largest absolute Gasteiger partial charge is 0.305 e. The fourth-order valence-electron chi connectivity index (χ4n) is 2.47. The molecule has 0 saturated carbocycles. The summed E-state index contributed by atoms with van der Waals surface area (Å²) in [7, 11) is 0. The van der Waals surface area contributed by atoms with Gasteiger partial charge in [0.2, 0.25) is 0 Å². The number of benzene rings is 2. The van der Waals surface area contributed by atoms with Crippen LogP contribution >= 0.6 is 23.2 Å². The fraction of sp³-hybridized carbons (Fsp3) is 0.333. The zero-order valence-corrected chi connectivity index (χ0v) is 14.2. The molecular weight excluding hydrogens is 301 g/mol. The first-order valence-corrected chi connectivity index (χ1v) is 7.86. The van der Waals surface area contributed by atoms with Gasteiger partial charge >= 0.3 is 0 Å². The SMILES string of the molecule is CC(C)(C)C(NCc1c(Cl)cccc1Cl)c1ccccc1. The van der Waals surface area contributed by atoms with Gasteiger partial charge in [0, 0.05) is 28.2 Å². The molecule has 3 heteroatoms. The first kappa shape index (κ1) is 16.4. The lowest BCUT2D eigenvalue weighted by Crippen LogP contribution is -2.32. The third-order valence-corrected chi connectivity index (χ3v) is 4.25. The average molecular weight is 322 g/mol. The quantitative estimate of drug-likeness (QED) is 0.742. The van der Waals surface area contributed by atoms with Crippen LogP contribution in [-0.2, 0) is 6.54 Å². The zero-order valence-electron chi connectivity index (χ0n) is 12.7. The second-order valence-corrected chi connectivity index (χ2v) is 7.11. The third-order valence-electron chi connectivity index (χ3n) is 3.54. The van der Waals surface area contributed by atoms with Gasteiger partial charge in [-0.25, -0.2) is 0 Å². The Labute approximate surface area is 137 Å². The van der Waals surface area contributed by atoms with Gasteiger partial charge in [0.1, 0.15) is 0 Å². The molecule has 2 aromatic rings. The molecule has 0 aliphatic rings. The summed E-state index contributed by atoms with van der Waals surface area (Å²) in [5, 5.41) is 5.01. The van der Waals surface area contributed by atoms with Gasteiger partial charge < -0.3 is 5.32 Å². The standard InChI is InChI=1S/C18H21Cl2N/c1-18(2,3)17(13-8-5-4-6-9-13)21-12-14-15(19)10-7-11-16(14)20/h4-11,17,21H,12H2,1-3H3. The molecule has 0 heterocycles. The molecule has 0 fully saturated rings. The molecule has 1 N–H and O–H groups in total. The molecule has 112 valence electrons. The Bertz CT molecular complexity index is 568. The normalized spacial score (nSPS) is 13.2. The van der Waals surface area contributed by atoms with Crippen molar-refractivity contribution in [3.05, 3.63) is 69.7 Å². The maximum absolute atomic E-state index is 6.25. The number of hydrogen-bond acceptors (Lipinski definition) is 1. The van der Waals surface area contributed by atoms with Crippen LogP contribution < -0.4 is 5.32 Å². The second kappa shape index (κ2) is 6.83. The summed E-state index contributed by atoms with van der Waals surface area (Å²) in [4.78, 5) is 0. The maximum atomic E-state index is 6.25. The van der Waals surface area contributed by atoms with Crippen molar-refractivity contribution in [1.29, 1.82) is 0 Å². The minimum Gasteiger partial charge on any atom is -0.305 e. The molecule has 1 unspecified atom stereocenters. The molecule has 1 nitrogen and oxygen atoms in total. The second-order valence-electron chi connectivity index (χ2n) is 6.29. The van der Waals surface area contributed by atoms with Crippen LogP contribution in [-0.4, -0.2) is 0 Å². The topological polar surface area (TPSA) is 12.0 Å². The van der Waals surface area contributed by atoms with E-state index >= 15 is 0 Å². The Hall–Kier alpha value is -1.02. The van der Waals surface area contributed by atoms with E-state index in [-0.39, 0.29) is 11.5 Å². The molecule has 0 aromatic heterocycles. The Morgan fingerprint density at radius 3 is 2.00 bits per heavy atom. The van der Waals surface area contributed by atoms with Gasteiger partial charge in [-0.15, -0.1) is 0 Å². The molecule has 0 aliphatic carbocycles. The van der Waals surface area contributed by atoms with E-state index in [1.54, 1.807) is 0 Å². The number of hydrogen-bond donors (Lipinski definition) is 1. The highest BCUT2D eigenvalue weighted by Gasteiger charge is 2.26. The van der Waals surface area contributed by atoms with Crippen LogP contribution in [0.1, 0.15) is 37.9 Å². The van der Waals surface area contributed by atoms with E-state index in [4.69, 9.17) is 23.2 Å². The van der Waals surface area contributed by atoms with Crippen molar-refractivity contribution in [2.75, 3.05) is 0 Å². The summed E-state index contributed by atoms with van der Waals surface area (Å²) in [5.41, 5.74) is 2.31. The summed E-state index contributed by atoms with van der Waals surface area (Å²) in [6.07, 6.45) is 0. The monoisotopic (exact) mass is 321 g/mol. The fourth-order valence-corrected chi connectivity index (χ4v) is 3.01. The summed E-state index contributed by atoms with van der Waals surface area (Å²) in [6, 6.07) is 16.3. The number of halogens is 2. The molecule has 0 amide bonds. The van der Waals surface area contributed by atoms with E-state index < -0.39 is 0 Å². The Kier molecular flexibility index (Phi) is 5.32. The predicted molar refractivity (Wildman–Crippen MR) is 91.9 cm³/mol. The van der Waals surface area contributed by atoms with Gasteiger partial charge in [0.15, 0.2) is 0 Å². The van der Waals surface area contributed by atoms with Crippen molar-refractivity contribution in [3.63, 3.8) is 0 Å². The summed E-state index contributed by atoms with van der Waals surface area (Å²) in [6.45, 7) is 7.33. The molecular formula is C18H21Cl2N. The first-order valence-electron chi connectivity index (χ1n) is 7.11. The lowest BCUT2D eigenvalue weighted by atomic mass is 9.82. The van der Waals surface area contributed by atoms with E-state index in [1.165, 1.54) is 5.56 Å². The molecule has 1 atom stereocenters. The van der Waals surface area contributed by atoms with Crippen molar-refractivity contribution in [2.45, 2.75) is 33.4 Å². The van der Waals surface area contributed by atoms with Crippen LogP contribution in [0.25, 0.3) is 0 Å². The van der Waals surface area contributed by atoms with Crippen molar-refractivity contribution < 1.29 is 0 Å². The van der Waals surface area contributed by atoms with Crippen molar-refractivity contribution >= 4 is 23.2 Å². The van der Waals surface area contributed by atoms with Crippen LogP contribution in [0, 0.1) is 5.41 Å². The Balaban J connectivity index is 2.22. The van der Waals surface area contributed by atoms with Crippen molar-refractivity contribution in [3.8, 4) is 0 Å². The van der Waals surface area contributed by atoms with E-state index in [9.17, 15) is 0 Å². The zero-order chi connectivity index (χ0) is 15.5. The summed E-state index contributed by atoms with van der Waals surface area (Å²) in [5.74, 6) is 0. The van der Waals surface area contributed by atoms with Crippen LogP contribution in [0.5, 0.6) is 0 Å². The first-order chi connectivity index (χ1) is 9.89. The minimum atomic E-state index is 0.0923. The summed E-state index contributed by atoms with van der Waals surface area (Å²) >= 11 is 12.5. The van der Waals surface area contributed by atoms with Gasteiger partial charge in [-0.3, -0.25) is 0 Å². The molecule has 21 heavy (non-hydrogen) atoms. The van der Waals surface area contributed by atoms with E-state index in [0.29, 0.717) is 16.6 Å². The van der Waals surface area contributed by atoms with Gasteiger partial charge in [0.25, 0.3) is 0 Å². The van der Waals surface area contributed by atoms with Crippen LogP contribution in [0.3, 0.4) is 0 Å². The highest BCUT2D eigenvalue weighted by molar-refractivity contribution is 6.35. The van der Waals surface area contributed by atoms with E-state index in [0.717, 1.165) is 5.56 Å². The Morgan fingerprint density at radius 1 is 0.905 bits per heavy atom. The molecule has 2 aromatic carbocycles. The van der Waals surface area contributed by atoms with Crippen molar-refractivity contribution in [2.24, 2.45) is 5.41 Å². The van der Waals surface area contributed by atoms with Gasteiger partial charge in [-0.2, -0.15) is 0 Å². The van der Waals surface area contributed by atoms with Crippen LogP contribution in [0.4, 0.5) is 0 Å². The van der Waals surface area contributed by atoms with E-state index in [2.05, 4.69) is 50.4 Å². The van der Waals surface area contributed by atoms with Crippen LogP contribution in [0.15, 0.2) is 48.5 Å². The predicted octanol–water partition coefficient (Wildman–Crippen LogP) is 5.87. The molecule has 0 aliphatic heterocycles. The Morgan fingerprint density at radius 2 is 1.48 bits per heavy atom. The highest BCUT2D eigenvalue weighted by atomic mass is 35.5. The van der Waals surface area contributed by atoms with Gasteiger partial charge in [0.05, 0.1) is 0 Å². The number of rotatable bonds is 4. The smallest absolute Gasteiger partial charge is 0.0465 e.